The van der Waals surface area contributed by atoms with Crippen LogP contribution in [0, 0.1) is 5.92 Å². The second-order valence-electron chi connectivity index (χ2n) is 7.11. The molecule has 1 aliphatic heterocycles. The largest absolute Gasteiger partial charge is 0.500 e. The number of hydrogen-bond acceptors (Lipinski definition) is 6. The monoisotopic (exact) mass is 398 g/mol. The molecule has 0 aromatic heterocycles. The van der Waals surface area contributed by atoms with Crippen molar-refractivity contribution in [1.29, 1.82) is 0 Å². The average Bonchev–Trinajstić information content (AvgIpc) is 2.69. The molecule has 0 saturated carbocycles. The van der Waals surface area contributed by atoms with Crippen LogP contribution in [-0.4, -0.2) is 42.5 Å². The molecule has 2 rings (SSSR count). The summed E-state index contributed by atoms with van der Waals surface area (Å²) >= 11 is 0. The van der Waals surface area contributed by atoms with Gasteiger partial charge < -0.3 is 27.5 Å². The molecule has 1 aromatic rings. The average molecular weight is 399 g/mol. The summed E-state index contributed by atoms with van der Waals surface area (Å²) in [6.07, 6.45) is 2.98. The Kier molecular flexibility index (Phi) is 8.12. The van der Waals surface area contributed by atoms with Crippen LogP contribution in [0.2, 0.25) is 6.04 Å². The zero-order valence-electron chi connectivity index (χ0n) is 17.5. The van der Waals surface area contributed by atoms with Gasteiger partial charge in [0.25, 0.3) is 0 Å². The van der Waals surface area contributed by atoms with Gasteiger partial charge in [-0.15, -0.1) is 0 Å². The van der Waals surface area contributed by atoms with Gasteiger partial charge in [-0.05, 0) is 31.0 Å². The molecule has 0 spiro atoms. The van der Waals surface area contributed by atoms with Crippen molar-refractivity contribution in [3.63, 3.8) is 0 Å². The van der Waals surface area contributed by atoms with Crippen molar-refractivity contribution in [2.75, 3.05) is 27.9 Å². The van der Waals surface area contributed by atoms with Crippen molar-refractivity contribution in [3.8, 4) is 11.5 Å². The first-order chi connectivity index (χ1) is 12.9. The highest BCUT2D eigenvalue weighted by Crippen LogP contribution is 2.38. The van der Waals surface area contributed by atoms with E-state index in [1.165, 1.54) is 0 Å². The highest BCUT2D eigenvalue weighted by Gasteiger charge is 2.38. The molecule has 27 heavy (non-hydrogen) atoms. The quantitative estimate of drug-likeness (QED) is 0.407. The Bertz CT molecular complexity index is 584. The lowest BCUT2D eigenvalue weighted by molar-refractivity contribution is -0.223. The first-order valence-electron chi connectivity index (χ1n) is 9.66. The Hall–Kier alpha value is -1.12. The second kappa shape index (κ2) is 9.89. The van der Waals surface area contributed by atoms with Crippen molar-refractivity contribution in [2.45, 2.75) is 58.5 Å². The number of benzene rings is 1. The Morgan fingerprint density at radius 1 is 1.19 bits per heavy atom. The van der Waals surface area contributed by atoms with Crippen LogP contribution in [0.3, 0.4) is 0 Å². The van der Waals surface area contributed by atoms with E-state index < -0.39 is 14.6 Å². The zero-order valence-corrected chi connectivity index (χ0v) is 18.5. The third-order valence-electron chi connectivity index (χ3n) is 5.30. The van der Waals surface area contributed by atoms with Gasteiger partial charge in [0.05, 0.1) is 13.2 Å². The molecule has 2 unspecified atom stereocenters. The molecule has 2 atom stereocenters. The standard InChI is InChI=1S/C20H34O6Si/c1-7-9-16(2)20(3)25-15-17-14-18(10-11-19(17)26-20)24-12-8-13-27(21-4,22-5)23-6/h10-11,14,16H,7-9,12-13,15H2,1-6H3. The maximum atomic E-state index is 6.18. The fourth-order valence-electron chi connectivity index (χ4n) is 3.30. The van der Waals surface area contributed by atoms with Crippen LogP contribution in [0.15, 0.2) is 18.2 Å². The lowest BCUT2D eigenvalue weighted by Gasteiger charge is -2.40. The molecular formula is C20H34O6Si. The highest BCUT2D eigenvalue weighted by atomic mass is 28.4. The summed E-state index contributed by atoms with van der Waals surface area (Å²) in [5.74, 6) is 1.45. The van der Waals surface area contributed by atoms with E-state index in [1.54, 1.807) is 21.3 Å². The van der Waals surface area contributed by atoms with Gasteiger partial charge >= 0.3 is 8.80 Å². The van der Waals surface area contributed by atoms with Gasteiger partial charge in [-0.25, -0.2) is 0 Å². The third kappa shape index (κ3) is 5.45. The van der Waals surface area contributed by atoms with E-state index in [1.807, 2.05) is 25.1 Å². The van der Waals surface area contributed by atoms with Gasteiger partial charge in [0.2, 0.25) is 5.79 Å². The van der Waals surface area contributed by atoms with Crippen molar-refractivity contribution in [2.24, 2.45) is 5.92 Å². The minimum Gasteiger partial charge on any atom is -0.494 e. The minimum absolute atomic E-state index is 0.332. The van der Waals surface area contributed by atoms with Crippen LogP contribution in [0.5, 0.6) is 11.5 Å². The zero-order chi connectivity index (χ0) is 19.9. The van der Waals surface area contributed by atoms with Gasteiger partial charge in [-0.1, -0.05) is 20.3 Å². The number of fused-ring (bicyclic) bond motifs is 1. The molecule has 0 aliphatic carbocycles. The molecule has 0 saturated heterocycles. The number of rotatable bonds is 11. The summed E-state index contributed by atoms with van der Waals surface area (Å²) in [4.78, 5) is 0. The predicted octanol–water partition coefficient (Wildman–Crippen LogP) is 4.40. The van der Waals surface area contributed by atoms with Gasteiger partial charge in [0, 0.05) is 45.8 Å². The van der Waals surface area contributed by atoms with Gasteiger partial charge in [-0.3, -0.25) is 0 Å². The highest BCUT2D eigenvalue weighted by molar-refractivity contribution is 6.60. The summed E-state index contributed by atoms with van der Waals surface area (Å²) in [5.41, 5.74) is 1.02. The molecule has 0 bridgehead atoms. The molecule has 7 heteroatoms. The summed E-state index contributed by atoms with van der Waals surface area (Å²) in [5, 5.41) is 0. The van der Waals surface area contributed by atoms with Gasteiger partial charge in [0.15, 0.2) is 0 Å². The third-order valence-corrected chi connectivity index (χ3v) is 8.14. The minimum atomic E-state index is -2.53. The fraction of sp³-hybridized carbons (Fsp3) is 0.700. The van der Waals surface area contributed by atoms with E-state index in [2.05, 4.69) is 13.8 Å². The molecule has 0 N–H and O–H groups in total. The van der Waals surface area contributed by atoms with Gasteiger partial charge in [0.1, 0.15) is 11.5 Å². The van der Waals surface area contributed by atoms with Crippen LogP contribution in [0.25, 0.3) is 0 Å². The van der Waals surface area contributed by atoms with E-state index in [0.717, 1.165) is 36.3 Å². The Morgan fingerprint density at radius 2 is 1.89 bits per heavy atom. The summed E-state index contributed by atoms with van der Waals surface area (Å²) < 4.78 is 34.4. The summed E-state index contributed by atoms with van der Waals surface area (Å²) in [7, 11) is 2.34. The number of ether oxygens (including phenoxy) is 3. The van der Waals surface area contributed by atoms with E-state index >= 15 is 0 Å². The van der Waals surface area contributed by atoms with E-state index in [9.17, 15) is 0 Å². The predicted molar refractivity (Wildman–Crippen MR) is 106 cm³/mol. The van der Waals surface area contributed by atoms with Crippen molar-refractivity contribution < 1.29 is 27.5 Å². The summed E-state index contributed by atoms with van der Waals surface area (Å²) in [6, 6.07) is 6.62. The number of hydrogen-bond donors (Lipinski definition) is 0. The first-order valence-corrected chi connectivity index (χ1v) is 11.6. The van der Waals surface area contributed by atoms with Crippen molar-refractivity contribution >= 4 is 8.80 Å². The molecule has 0 fully saturated rings. The molecular weight excluding hydrogens is 364 g/mol. The van der Waals surface area contributed by atoms with Gasteiger partial charge in [-0.2, -0.15) is 0 Å². The van der Waals surface area contributed by atoms with E-state index in [4.69, 9.17) is 27.5 Å². The molecule has 0 amide bonds. The Labute approximate surface area is 164 Å². The molecule has 1 heterocycles. The van der Waals surface area contributed by atoms with Crippen LogP contribution in [-0.2, 0) is 24.6 Å². The normalized spacial score (nSPS) is 20.7. The van der Waals surface area contributed by atoms with Crippen LogP contribution < -0.4 is 9.47 Å². The first kappa shape index (κ1) is 22.2. The molecule has 0 radical (unpaired) electrons. The van der Waals surface area contributed by atoms with Crippen molar-refractivity contribution in [3.05, 3.63) is 23.8 Å². The molecule has 1 aliphatic rings. The van der Waals surface area contributed by atoms with Crippen LogP contribution >= 0.6 is 0 Å². The topological polar surface area (TPSA) is 55.4 Å². The van der Waals surface area contributed by atoms with Crippen LogP contribution in [0.1, 0.15) is 45.6 Å². The summed E-state index contributed by atoms with van der Waals surface area (Å²) in [6.45, 7) is 7.48. The van der Waals surface area contributed by atoms with E-state index in [-0.39, 0.29) is 0 Å². The lowest BCUT2D eigenvalue weighted by Crippen LogP contribution is -2.44. The Morgan fingerprint density at radius 3 is 2.52 bits per heavy atom. The second-order valence-corrected chi connectivity index (χ2v) is 10.2. The fourth-order valence-corrected chi connectivity index (χ4v) is 4.99. The van der Waals surface area contributed by atoms with Crippen LogP contribution in [0.4, 0.5) is 0 Å². The maximum Gasteiger partial charge on any atom is 0.500 e. The van der Waals surface area contributed by atoms with E-state index in [0.29, 0.717) is 25.2 Å². The molecule has 1 aromatic carbocycles. The molecule has 6 nitrogen and oxygen atoms in total. The lowest BCUT2D eigenvalue weighted by atomic mass is 9.95. The SMILES string of the molecule is CCCC(C)C1(C)OCc2cc(OCCC[Si](OC)(OC)OC)ccc2O1. The maximum absolute atomic E-state index is 6.18. The molecule has 154 valence electrons. The Balaban J connectivity index is 1.90. The smallest absolute Gasteiger partial charge is 0.494 e. The van der Waals surface area contributed by atoms with Crippen molar-refractivity contribution in [1.82, 2.24) is 0 Å².